The lowest BCUT2D eigenvalue weighted by molar-refractivity contribution is -0.386. The number of hydrogen-bond acceptors (Lipinski definition) is 5. The van der Waals surface area contributed by atoms with Gasteiger partial charge in [0.15, 0.2) is 5.75 Å². The van der Waals surface area contributed by atoms with E-state index in [0.717, 1.165) is 31.9 Å². The Morgan fingerprint density at radius 2 is 2.00 bits per heavy atom. The van der Waals surface area contributed by atoms with E-state index in [9.17, 15) is 10.1 Å². The van der Waals surface area contributed by atoms with Crippen molar-refractivity contribution in [1.82, 2.24) is 5.32 Å². The number of benzene rings is 1. The van der Waals surface area contributed by atoms with Gasteiger partial charge in [-0.05, 0) is 31.7 Å². The van der Waals surface area contributed by atoms with Crippen molar-refractivity contribution in [3.05, 3.63) is 28.3 Å². The van der Waals surface area contributed by atoms with Gasteiger partial charge in [-0.1, -0.05) is 0 Å². The number of nitro benzene ring substituents is 1. The highest BCUT2D eigenvalue weighted by Crippen LogP contribution is 2.36. The third kappa shape index (κ3) is 2.81. The maximum atomic E-state index is 11.1. The molecule has 2 aliphatic heterocycles. The van der Waals surface area contributed by atoms with Gasteiger partial charge in [-0.3, -0.25) is 10.1 Å². The molecule has 1 aromatic rings. The molecule has 2 heterocycles. The van der Waals surface area contributed by atoms with Crippen molar-refractivity contribution in [2.24, 2.45) is 11.8 Å². The Labute approximate surface area is 124 Å². The standard InChI is InChI=1S/C15H21N3O3/c1-10(2)21-15-5-13(3-4-14(15)18(19)20)17-8-11-6-16-7-12(11)9-17/h3-5,10-12,16H,6-9H2,1-2H3. The number of anilines is 1. The highest BCUT2D eigenvalue weighted by Gasteiger charge is 2.36. The van der Waals surface area contributed by atoms with Gasteiger partial charge in [0.2, 0.25) is 0 Å². The zero-order chi connectivity index (χ0) is 15.0. The minimum Gasteiger partial charge on any atom is -0.484 e. The topological polar surface area (TPSA) is 67.6 Å². The van der Waals surface area contributed by atoms with Gasteiger partial charge in [0.05, 0.1) is 11.0 Å². The molecule has 2 unspecified atom stereocenters. The fourth-order valence-electron chi connectivity index (χ4n) is 3.26. The van der Waals surface area contributed by atoms with Gasteiger partial charge in [0.1, 0.15) is 0 Å². The fourth-order valence-corrected chi connectivity index (χ4v) is 3.26. The lowest BCUT2D eigenvalue weighted by atomic mass is 10.0. The first-order chi connectivity index (χ1) is 10.0. The minimum atomic E-state index is -0.385. The predicted octanol–water partition coefficient (Wildman–Crippen LogP) is 2.04. The predicted molar refractivity (Wildman–Crippen MR) is 80.9 cm³/mol. The van der Waals surface area contributed by atoms with Crippen molar-refractivity contribution in [3.8, 4) is 5.75 Å². The van der Waals surface area contributed by atoms with Gasteiger partial charge < -0.3 is 15.0 Å². The fraction of sp³-hybridized carbons (Fsp3) is 0.600. The molecule has 1 aromatic carbocycles. The van der Waals surface area contributed by atoms with E-state index in [4.69, 9.17) is 4.74 Å². The Balaban J connectivity index is 1.84. The Kier molecular flexibility index (Phi) is 3.71. The van der Waals surface area contributed by atoms with Crippen LogP contribution in [0.4, 0.5) is 11.4 Å². The summed E-state index contributed by atoms with van der Waals surface area (Å²) in [5, 5.41) is 14.5. The molecule has 0 bridgehead atoms. The van der Waals surface area contributed by atoms with Gasteiger partial charge in [-0.2, -0.15) is 0 Å². The third-order valence-electron chi connectivity index (χ3n) is 4.26. The molecule has 0 aliphatic carbocycles. The molecule has 0 spiro atoms. The lowest BCUT2D eigenvalue weighted by Crippen LogP contribution is -2.25. The molecular weight excluding hydrogens is 270 g/mol. The number of hydrogen-bond donors (Lipinski definition) is 1. The molecule has 2 fully saturated rings. The summed E-state index contributed by atoms with van der Waals surface area (Å²) < 4.78 is 5.62. The molecule has 2 aliphatic rings. The Morgan fingerprint density at radius 3 is 2.57 bits per heavy atom. The van der Waals surface area contributed by atoms with Crippen LogP contribution in [-0.2, 0) is 0 Å². The molecule has 0 saturated carbocycles. The highest BCUT2D eigenvalue weighted by molar-refractivity contribution is 5.60. The monoisotopic (exact) mass is 291 g/mol. The van der Waals surface area contributed by atoms with Crippen LogP contribution in [0.5, 0.6) is 5.75 Å². The summed E-state index contributed by atoms with van der Waals surface area (Å²) in [6, 6.07) is 5.20. The van der Waals surface area contributed by atoms with Gasteiger partial charge in [0, 0.05) is 44.0 Å². The number of rotatable bonds is 4. The first kappa shape index (κ1) is 14.1. The van der Waals surface area contributed by atoms with Crippen LogP contribution in [-0.4, -0.2) is 37.2 Å². The van der Waals surface area contributed by atoms with E-state index < -0.39 is 0 Å². The molecule has 6 nitrogen and oxygen atoms in total. The van der Waals surface area contributed by atoms with E-state index in [-0.39, 0.29) is 16.7 Å². The van der Waals surface area contributed by atoms with E-state index in [1.807, 2.05) is 26.0 Å². The van der Waals surface area contributed by atoms with E-state index in [0.29, 0.717) is 17.6 Å². The summed E-state index contributed by atoms with van der Waals surface area (Å²) in [4.78, 5) is 13.0. The number of ether oxygens (including phenoxy) is 1. The van der Waals surface area contributed by atoms with E-state index >= 15 is 0 Å². The van der Waals surface area contributed by atoms with Crippen LogP contribution in [0.3, 0.4) is 0 Å². The number of nitrogens with one attached hydrogen (secondary N) is 1. The van der Waals surface area contributed by atoms with Crippen molar-refractivity contribution in [1.29, 1.82) is 0 Å². The summed E-state index contributed by atoms with van der Waals surface area (Å²) >= 11 is 0. The average Bonchev–Trinajstić information content (AvgIpc) is 2.98. The maximum Gasteiger partial charge on any atom is 0.311 e. The van der Waals surface area contributed by atoms with Crippen LogP contribution >= 0.6 is 0 Å². The maximum absolute atomic E-state index is 11.1. The van der Waals surface area contributed by atoms with Crippen molar-refractivity contribution >= 4 is 11.4 Å². The zero-order valence-electron chi connectivity index (χ0n) is 12.4. The van der Waals surface area contributed by atoms with Crippen LogP contribution in [0, 0.1) is 22.0 Å². The van der Waals surface area contributed by atoms with Crippen molar-refractivity contribution < 1.29 is 9.66 Å². The third-order valence-corrected chi connectivity index (χ3v) is 4.26. The molecule has 1 N–H and O–H groups in total. The summed E-state index contributed by atoms with van der Waals surface area (Å²) in [5.74, 6) is 1.74. The van der Waals surface area contributed by atoms with E-state index in [1.54, 1.807) is 6.07 Å². The van der Waals surface area contributed by atoms with E-state index in [1.165, 1.54) is 0 Å². The molecule has 2 atom stereocenters. The van der Waals surface area contributed by atoms with Crippen LogP contribution in [0.25, 0.3) is 0 Å². The summed E-state index contributed by atoms with van der Waals surface area (Å²) in [6.07, 6.45) is -0.0823. The van der Waals surface area contributed by atoms with Crippen molar-refractivity contribution in [2.45, 2.75) is 20.0 Å². The Morgan fingerprint density at radius 1 is 1.33 bits per heavy atom. The smallest absolute Gasteiger partial charge is 0.311 e. The van der Waals surface area contributed by atoms with Crippen molar-refractivity contribution in [2.75, 3.05) is 31.1 Å². The lowest BCUT2D eigenvalue weighted by Gasteiger charge is -2.21. The first-order valence-electron chi connectivity index (χ1n) is 7.45. The number of nitrogens with zero attached hydrogens (tertiary/aromatic N) is 2. The molecule has 0 amide bonds. The van der Waals surface area contributed by atoms with Gasteiger partial charge >= 0.3 is 5.69 Å². The van der Waals surface area contributed by atoms with E-state index in [2.05, 4.69) is 10.2 Å². The SMILES string of the molecule is CC(C)Oc1cc(N2CC3CNCC3C2)ccc1[N+](=O)[O-]. The van der Waals surface area contributed by atoms with Gasteiger partial charge in [0.25, 0.3) is 0 Å². The number of nitro groups is 1. The molecule has 21 heavy (non-hydrogen) atoms. The van der Waals surface area contributed by atoms with Gasteiger partial charge in [-0.25, -0.2) is 0 Å². The second kappa shape index (κ2) is 5.52. The number of fused-ring (bicyclic) bond motifs is 1. The van der Waals surface area contributed by atoms with Crippen LogP contribution in [0.2, 0.25) is 0 Å². The minimum absolute atomic E-state index is 0.0357. The summed E-state index contributed by atoms with van der Waals surface area (Å²) in [7, 11) is 0. The summed E-state index contributed by atoms with van der Waals surface area (Å²) in [5.41, 5.74) is 1.05. The molecule has 3 rings (SSSR count). The molecule has 0 radical (unpaired) electrons. The highest BCUT2D eigenvalue weighted by atomic mass is 16.6. The normalized spacial score (nSPS) is 24.4. The first-order valence-corrected chi connectivity index (χ1v) is 7.45. The molecule has 2 saturated heterocycles. The molecule has 6 heteroatoms. The zero-order valence-corrected chi connectivity index (χ0v) is 12.4. The second-order valence-corrected chi connectivity index (χ2v) is 6.16. The average molecular weight is 291 g/mol. The molecule has 0 aromatic heterocycles. The van der Waals surface area contributed by atoms with Crippen molar-refractivity contribution in [3.63, 3.8) is 0 Å². The summed E-state index contributed by atoms with van der Waals surface area (Å²) in [6.45, 7) is 7.92. The molecular formula is C15H21N3O3. The van der Waals surface area contributed by atoms with Crippen LogP contribution in [0.1, 0.15) is 13.8 Å². The molecule has 114 valence electrons. The quantitative estimate of drug-likeness (QED) is 0.679. The Bertz CT molecular complexity index is 535. The second-order valence-electron chi connectivity index (χ2n) is 6.16. The van der Waals surface area contributed by atoms with Crippen LogP contribution in [0.15, 0.2) is 18.2 Å². The van der Waals surface area contributed by atoms with Gasteiger partial charge in [-0.15, -0.1) is 0 Å². The largest absolute Gasteiger partial charge is 0.484 e. The Hall–Kier alpha value is -1.82. The van der Waals surface area contributed by atoms with Crippen LogP contribution < -0.4 is 15.0 Å².